The van der Waals surface area contributed by atoms with E-state index in [2.05, 4.69) is 21.2 Å². The number of carbonyl (C=O) groups excluding carboxylic acids is 2. The fraction of sp³-hybridized carbons (Fsp3) is 0.176. The molecule has 4 nitrogen and oxygen atoms in total. The fourth-order valence-corrected chi connectivity index (χ4v) is 3.14. The fourth-order valence-electron chi connectivity index (χ4n) is 2.58. The third-order valence-electron chi connectivity index (χ3n) is 3.69. The normalized spacial score (nSPS) is 14.2. The van der Waals surface area contributed by atoms with Crippen molar-refractivity contribution in [2.24, 2.45) is 0 Å². The van der Waals surface area contributed by atoms with Gasteiger partial charge in [0.05, 0.1) is 22.0 Å². The largest absolute Gasteiger partial charge is 0.320 e. The Morgan fingerprint density at radius 1 is 1.22 bits per heavy atom. The number of rotatable bonds is 3. The summed E-state index contributed by atoms with van der Waals surface area (Å²) in [6, 6.07) is 12.4. The van der Waals surface area contributed by atoms with Gasteiger partial charge in [-0.2, -0.15) is 0 Å². The van der Waals surface area contributed by atoms with E-state index in [1.807, 2.05) is 18.2 Å². The average molecular weight is 394 g/mol. The van der Waals surface area contributed by atoms with Gasteiger partial charge in [-0.15, -0.1) is 0 Å². The van der Waals surface area contributed by atoms with Crippen LogP contribution in [0.2, 0.25) is 5.02 Å². The summed E-state index contributed by atoms with van der Waals surface area (Å²) in [6.07, 6.45) is 1.37. The highest BCUT2D eigenvalue weighted by Gasteiger charge is 2.24. The van der Waals surface area contributed by atoms with Crippen LogP contribution in [0.3, 0.4) is 0 Å². The highest BCUT2D eigenvalue weighted by molar-refractivity contribution is 9.10. The van der Waals surface area contributed by atoms with Crippen LogP contribution in [-0.4, -0.2) is 18.4 Å². The van der Waals surface area contributed by atoms with Crippen molar-refractivity contribution < 1.29 is 9.59 Å². The molecule has 2 amide bonds. The molecule has 118 valence electrons. The van der Waals surface area contributed by atoms with Gasteiger partial charge in [-0.05, 0) is 36.8 Å². The number of amides is 2. The zero-order valence-corrected chi connectivity index (χ0v) is 14.5. The number of nitrogens with one attached hydrogen (secondary N) is 1. The maximum atomic E-state index is 12.5. The van der Waals surface area contributed by atoms with Gasteiger partial charge in [0.15, 0.2) is 0 Å². The van der Waals surface area contributed by atoms with Gasteiger partial charge in [0.1, 0.15) is 0 Å². The van der Waals surface area contributed by atoms with Crippen LogP contribution in [0.25, 0.3) is 0 Å². The minimum absolute atomic E-state index is 0.0761. The maximum absolute atomic E-state index is 12.5. The average Bonchev–Trinajstić information content (AvgIpc) is 2.96. The number of carbonyl (C=O) groups is 2. The third-order valence-corrected chi connectivity index (χ3v) is 4.51. The van der Waals surface area contributed by atoms with E-state index >= 15 is 0 Å². The predicted molar refractivity (Wildman–Crippen MR) is 95.1 cm³/mol. The molecule has 0 aliphatic carbocycles. The topological polar surface area (TPSA) is 49.4 Å². The summed E-state index contributed by atoms with van der Waals surface area (Å²) < 4.78 is 0.773. The van der Waals surface area contributed by atoms with Crippen molar-refractivity contribution >= 4 is 50.7 Å². The summed E-state index contributed by atoms with van der Waals surface area (Å²) in [5.41, 5.74) is 1.70. The van der Waals surface area contributed by atoms with E-state index in [0.717, 1.165) is 16.6 Å². The van der Waals surface area contributed by atoms with Crippen molar-refractivity contribution in [1.82, 2.24) is 0 Å². The number of nitrogens with zero attached hydrogens (tertiary/aromatic N) is 1. The molecule has 6 heteroatoms. The quantitative estimate of drug-likeness (QED) is 0.836. The van der Waals surface area contributed by atoms with Crippen LogP contribution in [0, 0.1) is 0 Å². The molecule has 0 spiro atoms. The first-order valence-corrected chi connectivity index (χ1v) is 8.39. The molecule has 0 atom stereocenters. The highest BCUT2D eigenvalue weighted by Crippen LogP contribution is 2.30. The molecule has 0 unspecified atom stereocenters. The Kier molecular flexibility index (Phi) is 4.68. The van der Waals surface area contributed by atoms with E-state index in [4.69, 9.17) is 11.6 Å². The smallest absolute Gasteiger partial charge is 0.257 e. The van der Waals surface area contributed by atoms with Crippen molar-refractivity contribution in [3.05, 3.63) is 57.5 Å². The van der Waals surface area contributed by atoms with Gasteiger partial charge in [-0.3, -0.25) is 9.59 Å². The zero-order chi connectivity index (χ0) is 16.4. The Hall–Kier alpha value is -1.85. The van der Waals surface area contributed by atoms with E-state index in [-0.39, 0.29) is 11.8 Å². The summed E-state index contributed by atoms with van der Waals surface area (Å²) in [7, 11) is 0. The van der Waals surface area contributed by atoms with E-state index in [1.165, 1.54) is 0 Å². The minimum Gasteiger partial charge on any atom is -0.320 e. The maximum Gasteiger partial charge on any atom is 0.257 e. The molecule has 1 aliphatic rings. The van der Waals surface area contributed by atoms with Crippen molar-refractivity contribution in [3.63, 3.8) is 0 Å². The van der Waals surface area contributed by atoms with Gasteiger partial charge in [0.2, 0.25) is 5.91 Å². The van der Waals surface area contributed by atoms with Crippen molar-refractivity contribution in [2.75, 3.05) is 16.8 Å². The third kappa shape index (κ3) is 3.41. The Labute approximate surface area is 147 Å². The van der Waals surface area contributed by atoms with Crippen LogP contribution in [0.4, 0.5) is 11.4 Å². The molecular weight excluding hydrogens is 380 g/mol. The van der Waals surface area contributed by atoms with E-state index in [1.54, 1.807) is 29.2 Å². The second kappa shape index (κ2) is 6.72. The Bertz CT molecular complexity index is 779. The lowest BCUT2D eigenvalue weighted by atomic mass is 10.2. The van der Waals surface area contributed by atoms with E-state index in [0.29, 0.717) is 29.2 Å². The summed E-state index contributed by atoms with van der Waals surface area (Å²) in [4.78, 5) is 26.2. The number of benzene rings is 2. The summed E-state index contributed by atoms with van der Waals surface area (Å²) >= 11 is 9.44. The molecule has 2 aromatic carbocycles. The number of hydrogen-bond acceptors (Lipinski definition) is 2. The molecule has 3 rings (SSSR count). The lowest BCUT2D eigenvalue weighted by Gasteiger charge is -2.20. The first-order valence-electron chi connectivity index (χ1n) is 7.22. The van der Waals surface area contributed by atoms with Crippen LogP contribution in [-0.2, 0) is 4.79 Å². The van der Waals surface area contributed by atoms with E-state index < -0.39 is 0 Å². The summed E-state index contributed by atoms with van der Waals surface area (Å²) in [5.74, 6) is -0.234. The van der Waals surface area contributed by atoms with Crippen molar-refractivity contribution in [3.8, 4) is 0 Å². The second-order valence-corrected chi connectivity index (χ2v) is 6.57. The molecule has 0 radical (unpaired) electrons. The number of para-hydroxylation sites is 2. The highest BCUT2D eigenvalue weighted by atomic mass is 79.9. The molecule has 0 aromatic heterocycles. The molecule has 0 saturated carbocycles. The molecule has 1 fully saturated rings. The molecule has 23 heavy (non-hydrogen) atoms. The van der Waals surface area contributed by atoms with Crippen LogP contribution in [0.5, 0.6) is 0 Å². The molecule has 1 aliphatic heterocycles. The Balaban J connectivity index is 1.90. The predicted octanol–water partition coefficient (Wildman–Crippen LogP) is 4.48. The second-order valence-electron chi connectivity index (χ2n) is 5.24. The van der Waals surface area contributed by atoms with Crippen LogP contribution in [0.1, 0.15) is 23.2 Å². The minimum atomic E-state index is -0.310. The Morgan fingerprint density at radius 3 is 2.74 bits per heavy atom. The van der Waals surface area contributed by atoms with Gasteiger partial charge in [-0.1, -0.05) is 39.7 Å². The molecule has 1 heterocycles. The van der Waals surface area contributed by atoms with Gasteiger partial charge >= 0.3 is 0 Å². The molecular formula is C17H14BrClN2O2. The van der Waals surface area contributed by atoms with Crippen molar-refractivity contribution in [1.29, 1.82) is 0 Å². The standard InChI is InChI=1S/C17H14BrClN2O2/c18-11-7-8-13(19)12(10-11)17(23)20-14-4-1-2-5-15(14)21-9-3-6-16(21)22/h1-2,4-5,7-8,10H,3,6,9H2,(H,20,23). The molecule has 1 saturated heterocycles. The first kappa shape index (κ1) is 16.0. The lowest BCUT2D eigenvalue weighted by Crippen LogP contribution is -2.25. The van der Waals surface area contributed by atoms with Crippen LogP contribution in [0.15, 0.2) is 46.9 Å². The van der Waals surface area contributed by atoms with Gasteiger partial charge in [0, 0.05) is 17.4 Å². The first-order chi connectivity index (χ1) is 11.1. The number of anilines is 2. The van der Waals surface area contributed by atoms with E-state index in [9.17, 15) is 9.59 Å². The monoisotopic (exact) mass is 392 g/mol. The summed E-state index contributed by atoms with van der Waals surface area (Å²) in [6.45, 7) is 0.670. The van der Waals surface area contributed by atoms with Crippen molar-refractivity contribution in [2.45, 2.75) is 12.8 Å². The zero-order valence-electron chi connectivity index (χ0n) is 12.2. The van der Waals surface area contributed by atoms with Crippen LogP contribution >= 0.6 is 27.5 Å². The molecule has 0 bridgehead atoms. The van der Waals surface area contributed by atoms with Gasteiger partial charge in [-0.25, -0.2) is 0 Å². The number of halogens is 2. The van der Waals surface area contributed by atoms with Gasteiger partial charge < -0.3 is 10.2 Å². The van der Waals surface area contributed by atoms with Gasteiger partial charge in [0.25, 0.3) is 5.91 Å². The Morgan fingerprint density at radius 2 is 2.00 bits per heavy atom. The molecule has 2 aromatic rings. The number of hydrogen-bond donors (Lipinski definition) is 1. The lowest BCUT2D eigenvalue weighted by molar-refractivity contribution is -0.117. The molecule has 1 N–H and O–H groups in total. The SMILES string of the molecule is O=C(Nc1ccccc1N1CCCC1=O)c1cc(Br)ccc1Cl. The van der Waals surface area contributed by atoms with Crippen LogP contribution < -0.4 is 10.2 Å². The summed E-state index contributed by atoms with van der Waals surface area (Å²) in [5, 5.41) is 3.23.